The molecule has 1 unspecified atom stereocenters. The van der Waals surface area contributed by atoms with Crippen LogP contribution in [0.5, 0.6) is 17.2 Å². The van der Waals surface area contributed by atoms with E-state index in [2.05, 4.69) is 0 Å². The maximum Gasteiger partial charge on any atom is 0.335 e. The topological polar surface area (TPSA) is 105 Å². The van der Waals surface area contributed by atoms with Gasteiger partial charge in [0, 0.05) is 7.11 Å². The summed E-state index contributed by atoms with van der Waals surface area (Å²) in [6.45, 7) is 1.37. The average molecular weight is 258 g/mol. The van der Waals surface area contributed by atoms with Crippen molar-refractivity contribution in [3.63, 3.8) is 0 Å². The van der Waals surface area contributed by atoms with Crippen molar-refractivity contribution in [2.45, 2.75) is 13.2 Å². The molecule has 0 aliphatic heterocycles. The number of aromatic hydroxyl groups is 2. The van der Waals surface area contributed by atoms with Crippen LogP contribution in [-0.2, 0) is 9.47 Å². The van der Waals surface area contributed by atoms with Crippen molar-refractivity contribution in [3.8, 4) is 17.2 Å². The Morgan fingerprint density at radius 3 is 2.61 bits per heavy atom. The first-order chi connectivity index (χ1) is 8.45. The second-order valence-electron chi connectivity index (χ2n) is 3.38. The third-order valence-electron chi connectivity index (χ3n) is 2.15. The van der Waals surface area contributed by atoms with E-state index in [1.54, 1.807) is 6.92 Å². The molecular weight excluding hydrogens is 244 g/mol. The van der Waals surface area contributed by atoms with Gasteiger partial charge in [-0.3, -0.25) is 0 Å². The number of aromatic carboxylic acids is 1. The van der Waals surface area contributed by atoms with Gasteiger partial charge in [0.25, 0.3) is 0 Å². The van der Waals surface area contributed by atoms with E-state index in [1.807, 2.05) is 0 Å². The van der Waals surface area contributed by atoms with Crippen LogP contribution in [0.4, 0.5) is 0 Å². The van der Waals surface area contributed by atoms with Gasteiger partial charge in [-0.25, -0.2) is 4.79 Å². The summed E-state index contributed by atoms with van der Waals surface area (Å²) in [4.78, 5) is 10.7. The summed E-state index contributed by atoms with van der Waals surface area (Å²) < 4.78 is 14.8. The minimum atomic E-state index is -1.25. The molecule has 0 aliphatic carbocycles. The summed E-state index contributed by atoms with van der Waals surface area (Å²) in [5.74, 6) is -2.56. The molecule has 3 N–H and O–H groups in total. The SMILES string of the molecule is COC(C)OCOc1cc(C(=O)O)cc(O)c1O. The van der Waals surface area contributed by atoms with Crippen molar-refractivity contribution in [1.82, 2.24) is 0 Å². The zero-order valence-corrected chi connectivity index (χ0v) is 9.91. The summed E-state index contributed by atoms with van der Waals surface area (Å²) in [6.07, 6.45) is -0.511. The number of hydrogen-bond acceptors (Lipinski definition) is 6. The Morgan fingerprint density at radius 2 is 2.06 bits per heavy atom. The number of phenols is 2. The zero-order chi connectivity index (χ0) is 13.7. The van der Waals surface area contributed by atoms with E-state index >= 15 is 0 Å². The van der Waals surface area contributed by atoms with Gasteiger partial charge < -0.3 is 29.5 Å². The standard InChI is InChI=1S/C11H14O7/c1-6(16-2)17-5-18-9-4-7(11(14)15)3-8(12)10(9)13/h3-4,6,12-13H,5H2,1-2H3,(H,14,15). The molecule has 0 saturated carbocycles. The van der Waals surface area contributed by atoms with Gasteiger partial charge in [0.05, 0.1) is 5.56 Å². The largest absolute Gasteiger partial charge is 0.504 e. The predicted molar refractivity (Wildman–Crippen MR) is 59.8 cm³/mol. The molecule has 0 spiro atoms. The number of methoxy groups -OCH3 is 1. The van der Waals surface area contributed by atoms with Crippen LogP contribution >= 0.6 is 0 Å². The lowest BCUT2D eigenvalue weighted by Crippen LogP contribution is -2.14. The summed E-state index contributed by atoms with van der Waals surface area (Å²) in [5, 5.41) is 27.6. The van der Waals surface area contributed by atoms with Crippen molar-refractivity contribution < 1.29 is 34.3 Å². The average Bonchev–Trinajstić information content (AvgIpc) is 2.33. The van der Waals surface area contributed by atoms with Crippen LogP contribution in [0.25, 0.3) is 0 Å². The fourth-order valence-corrected chi connectivity index (χ4v) is 1.09. The van der Waals surface area contributed by atoms with Crippen LogP contribution in [-0.4, -0.2) is 41.5 Å². The maximum absolute atomic E-state index is 10.7. The number of carboxylic acid groups (broad SMARTS) is 1. The highest BCUT2D eigenvalue weighted by atomic mass is 16.7. The lowest BCUT2D eigenvalue weighted by atomic mass is 10.2. The van der Waals surface area contributed by atoms with E-state index in [1.165, 1.54) is 7.11 Å². The second-order valence-corrected chi connectivity index (χ2v) is 3.38. The molecule has 0 aliphatic rings. The zero-order valence-electron chi connectivity index (χ0n) is 9.91. The van der Waals surface area contributed by atoms with Gasteiger partial charge in [-0.1, -0.05) is 0 Å². The highest BCUT2D eigenvalue weighted by molar-refractivity contribution is 5.89. The number of carboxylic acids is 1. The van der Waals surface area contributed by atoms with Gasteiger partial charge in [0.2, 0.25) is 5.75 Å². The van der Waals surface area contributed by atoms with Crippen LogP contribution in [0, 0.1) is 0 Å². The fraction of sp³-hybridized carbons (Fsp3) is 0.364. The van der Waals surface area contributed by atoms with E-state index in [0.717, 1.165) is 12.1 Å². The summed E-state index contributed by atoms with van der Waals surface area (Å²) in [6, 6.07) is 2.00. The van der Waals surface area contributed by atoms with E-state index in [4.69, 9.17) is 19.3 Å². The van der Waals surface area contributed by atoms with Crippen molar-refractivity contribution in [2.24, 2.45) is 0 Å². The number of hydrogen-bond donors (Lipinski definition) is 3. The van der Waals surface area contributed by atoms with E-state index < -0.39 is 23.8 Å². The highest BCUT2D eigenvalue weighted by Crippen LogP contribution is 2.36. The first kappa shape index (κ1) is 14.1. The molecule has 0 heterocycles. The highest BCUT2D eigenvalue weighted by Gasteiger charge is 2.14. The predicted octanol–water partition coefficient (Wildman–Crippen LogP) is 1.14. The third kappa shape index (κ3) is 3.51. The molecule has 1 rings (SSSR count). The van der Waals surface area contributed by atoms with Gasteiger partial charge in [0.1, 0.15) is 0 Å². The summed E-state index contributed by atoms with van der Waals surface area (Å²) in [7, 11) is 1.44. The molecule has 0 fully saturated rings. The quantitative estimate of drug-likeness (QED) is 0.519. The smallest absolute Gasteiger partial charge is 0.335 e. The van der Waals surface area contributed by atoms with Crippen molar-refractivity contribution >= 4 is 5.97 Å². The molecule has 0 saturated heterocycles. The monoisotopic (exact) mass is 258 g/mol. The molecule has 0 amide bonds. The molecule has 0 aromatic heterocycles. The Bertz CT molecular complexity index is 430. The molecular formula is C11H14O7. The number of carbonyl (C=O) groups is 1. The lowest BCUT2D eigenvalue weighted by molar-refractivity contribution is -0.149. The molecule has 7 heteroatoms. The van der Waals surface area contributed by atoms with Crippen LogP contribution in [0.2, 0.25) is 0 Å². The van der Waals surface area contributed by atoms with Gasteiger partial charge in [-0.05, 0) is 19.1 Å². The van der Waals surface area contributed by atoms with Crippen molar-refractivity contribution in [1.29, 1.82) is 0 Å². The van der Waals surface area contributed by atoms with Gasteiger partial charge >= 0.3 is 5.97 Å². The minimum absolute atomic E-state index is 0.185. The molecule has 18 heavy (non-hydrogen) atoms. The van der Waals surface area contributed by atoms with Crippen molar-refractivity contribution in [2.75, 3.05) is 13.9 Å². The number of ether oxygens (including phenoxy) is 3. The molecule has 1 atom stereocenters. The Labute approximate surface area is 103 Å². The van der Waals surface area contributed by atoms with Crippen LogP contribution in [0.1, 0.15) is 17.3 Å². The Balaban J connectivity index is 2.78. The van der Waals surface area contributed by atoms with Gasteiger partial charge in [0.15, 0.2) is 24.6 Å². The number of phenolic OH excluding ortho intramolecular Hbond substituents is 2. The lowest BCUT2D eigenvalue weighted by Gasteiger charge is -2.13. The van der Waals surface area contributed by atoms with Crippen LogP contribution < -0.4 is 4.74 Å². The molecule has 7 nitrogen and oxygen atoms in total. The minimum Gasteiger partial charge on any atom is -0.504 e. The first-order valence-corrected chi connectivity index (χ1v) is 5.02. The molecule has 0 radical (unpaired) electrons. The van der Waals surface area contributed by atoms with E-state index in [9.17, 15) is 15.0 Å². The molecule has 100 valence electrons. The Hall–Kier alpha value is -1.99. The van der Waals surface area contributed by atoms with E-state index in [-0.39, 0.29) is 18.1 Å². The Morgan fingerprint density at radius 1 is 1.39 bits per heavy atom. The van der Waals surface area contributed by atoms with Gasteiger partial charge in [-0.15, -0.1) is 0 Å². The summed E-state index contributed by atoms with van der Waals surface area (Å²) in [5.41, 5.74) is -0.208. The normalized spacial score (nSPS) is 12.1. The Kier molecular flexibility index (Phi) is 4.75. The third-order valence-corrected chi connectivity index (χ3v) is 2.15. The van der Waals surface area contributed by atoms with Gasteiger partial charge in [-0.2, -0.15) is 0 Å². The number of rotatable bonds is 6. The molecule has 1 aromatic carbocycles. The summed E-state index contributed by atoms with van der Waals surface area (Å²) >= 11 is 0. The van der Waals surface area contributed by atoms with Crippen LogP contribution in [0.3, 0.4) is 0 Å². The first-order valence-electron chi connectivity index (χ1n) is 5.02. The van der Waals surface area contributed by atoms with Crippen LogP contribution in [0.15, 0.2) is 12.1 Å². The van der Waals surface area contributed by atoms with Crippen molar-refractivity contribution in [3.05, 3.63) is 17.7 Å². The molecule has 0 bridgehead atoms. The fourth-order valence-electron chi connectivity index (χ4n) is 1.09. The number of benzene rings is 1. The maximum atomic E-state index is 10.7. The van der Waals surface area contributed by atoms with E-state index in [0.29, 0.717) is 0 Å². The molecule has 1 aromatic rings. The second kappa shape index (κ2) is 6.08.